The first-order chi connectivity index (χ1) is 7.97. The van der Waals surface area contributed by atoms with Crippen molar-refractivity contribution in [2.24, 2.45) is 0 Å². The van der Waals surface area contributed by atoms with E-state index in [1.807, 2.05) is 19.1 Å². The van der Waals surface area contributed by atoms with E-state index in [9.17, 15) is 9.90 Å². The Morgan fingerprint density at radius 1 is 1.47 bits per heavy atom. The van der Waals surface area contributed by atoms with Crippen LogP contribution >= 0.6 is 0 Å². The number of pyridine rings is 1. The summed E-state index contributed by atoms with van der Waals surface area (Å²) in [7, 11) is 0. The number of carbonyl (C=O) groups is 1. The minimum absolute atomic E-state index is 0.105. The molecule has 0 aliphatic rings. The van der Waals surface area contributed by atoms with Crippen molar-refractivity contribution < 1.29 is 9.90 Å². The largest absolute Gasteiger partial charge is 0.478 e. The molecule has 5 nitrogen and oxygen atoms in total. The van der Waals surface area contributed by atoms with Gasteiger partial charge in [0.2, 0.25) is 0 Å². The molecule has 0 amide bonds. The van der Waals surface area contributed by atoms with Crippen LogP contribution in [0.15, 0.2) is 6.07 Å². The third kappa shape index (κ3) is 1.46. The molecule has 0 aliphatic heterocycles. The predicted molar refractivity (Wildman–Crippen MR) is 61.1 cm³/mol. The Balaban J connectivity index is 3.08. The molecule has 0 fully saturated rings. The van der Waals surface area contributed by atoms with Gasteiger partial charge in [-0.15, -0.1) is 0 Å². The molecule has 5 heteroatoms. The van der Waals surface area contributed by atoms with Gasteiger partial charge in [0.15, 0.2) is 0 Å². The van der Waals surface area contributed by atoms with Gasteiger partial charge in [-0.25, -0.2) is 9.31 Å². The lowest BCUT2D eigenvalue weighted by molar-refractivity contribution is 0.0698. The smallest absolute Gasteiger partial charge is 0.339 e. The standard InChI is InChI=1S/C12H11N3O2/c1-6-4-7(2)15-11(9(6)5-13)10(12(16)17)8(3)14-15/h4H,1-3H3,(H,16,17). The van der Waals surface area contributed by atoms with Gasteiger partial charge in [-0.1, -0.05) is 0 Å². The van der Waals surface area contributed by atoms with Crippen LogP contribution in [0.5, 0.6) is 0 Å². The summed E-state index contributed by atoms with van der Waals surface area (Å²) in [4.78, 5) is 11.2. The van der Waals surface area contributed by atoms with Crippen LogP contribution in [0, 0.1) is 32.1 Å². The lowest BCUT2D eigenvalue weighted by atomic mass is 10.1. The van der Waals surface area contributed by atoms with Gasteiger partial charge in [-0.2, -0.15) is 10.4 Å². The number of nitrogens with zero attached hydrogens (tertiary/aromatic N) is 3. The Morgan fingerprint density at radius 2 is 2.12 bits per heavy atom. The highest BCUT2D eigenvalue weighted by Gasteiger charge is 2.21. The highest BCUT2D eigenvalue weighted by atomic mass is 16.4. The van der Waals surface area contributed by atoms with Gasteiger partial charge in [-0.05, 0) is 32.4 Å². The van der Waals surface area contributed by atoms with Crippen LogP contribution in [0.3, 0.4) is 0 Å². The predicted octanol–water partition coefficient (Wildman–Crippen LogP) is 1.83. The van der Waals surface area contributed by atoms with E-state index in [2.05, 4.69) is 5.10 Å². The molecule has 0 spiro atoms. The Kier molecular flexibility index (Phi) is 2.36. The Bertz CT molecular complexity index is 677. The van der Waals surface area contributed by atoms with Crippen molar-refractivity contribution in [2.75, 3.05) is 0 Å². The summed E-state index contributed by atoms with van der Waals surface area (Å²) in [5, 5.41) is 22.5. The average molecular weight is 229 g/mol. The van der Waals surface area contributed by atoms with Crippen LogP contribution in [-0.4, -0.2) is 20.7 Å². The minimum atomic E-state index is -1.06. The fourth-order valence-corrected chi connectivity index (χ4v) is 2.04. The highest BCUT2D eigenvalue weighted by molar-refractivity contribution is 5.98. The second-order valence-electron chi connectivity index (χ2n) is 3.98. The van der Waals surface area contributed by atoms with Crippen LogP contribution in [0.4, 0.5) is 0 Å². The summed E-state index contributed by atoms with van der Waals surface area (Å²) in [6.07, 6.45) is 0. The van der Waals surface area contributed by atoms with Crippen LogP contribution in [0.2, 0.25) is 0 Å². The van der Waals surface area contributed by atoms with Crippen molar-refractivity contribution in [1.82, 2.24) is 9.61 Å². The van der Waals surface area contributed by atoms with E-state index >= 15 is 0 Å². The van der Waals surface area contributed by atoms with Crippen molar-refractivity contribution in [3.05, 3.63) is 34.1 Å². The number of aromatic nitrogens is 2. The first-order valence-electron chi connectivity index (χ1n) is 5.10. The zero-order valence-electron chi connectivity index (χ0n) is 9.77. The third-order valence-corrected chi connectivity index (χ3v) is 2.78. The minimum Gasteiger partial charge on any atom is -0.478 e. The normalized spacial score (nSPS) is 10.5. The molecule has 2 aromatic rings. The van der Waals surface area contributed by atoms with Crippen LogP contribution in [-0.2, 0) is 0 Å². The zero-order valence-corrected chi connectivity index (χ0v) is 9.77. The molecule has 2 aromatic heterocycles. The van der Waals surface area contributed by atoms with Crippen molar-refractivity contribution in [3.63, 3.8) is 0 Å². The van der Waals surface area contributed by atoms with Crippen LogP contribution in [0.25, 0.3) is 5.52 Å². The number of rotatable bonds is 1. The quantitative estimate of drug-likeness (QED) is 0.809. The van der Waals surface area contributed by atoms with Crippen molar-refractivity contribution >= 4 is 11.5 Å². The number of aromatic carboxylic acids is 1. The monoisotopic (exact) mass is 229 g/mol. The lowest BCUT2D eigenvalue weighted by Crippen LogP contribution is -2.02. The van der Waals surface area contributed by atoms with Gasteiger partial charge in [0, 0.05) is 5.69 Å². The number of aryl methyl sites for hydroxylation is 3. The lowest BCUT2D eigenvalue weighted by Gasteiger charge is -2.05. The number of nitriles is 1. The van der Waals surface area contributed by atoms with Crippen LogP contribution < -0.4 is 0 Å². The van der Waals surface area contributed by atoms with E-state index < -0.39 is 5.97 Å². The second kappa shape index (κ2) is 3.59. The van der Waals surface area contributed by atoms with Gasteiger partial charge in [0.05, 0.1) is 16.8 Å². The van der Waals surface area contributed by atoms with E-state index in [1.54, 1.807) is 13.8 Å². The molecule has 0 saturated heterocycles. The number of hydrogen-bond acceptors (Lipinski definition) is 3. The number of carboxylic acid groups (broad SMARTS) is 1. The average Bonchev–Trinajstić information content (AvgIpc) is 2.56. The fourth-order valence-electron chi connectivity index (χ4n) is 2.04. The molecule has 2 heterocycles. The number of fused-ring (bicyclic) bond motifs is 1. The van der Waals surface area contributed by atoms with Gasteiger partial charge < -0.3 is 5.11 Å². The van der Waals surface area contributed by atoms with Crippen molar-refractivity contribution in [2.45, 2.75) is 20.8 Å². The maximum Gasteiger partial charge on any atom is 0.339 e. The molecule has 2 rings (SSSR count). The zero-order chi connectivity index (χ0) is 12.7. The maximum atomic E-state index is 11.2. The summed E-state index contributed by atoms with van der Waals surface area (Å²) in [5.74, 6) is -1.06. The third-order valence-electron chi connectivity index (χ3n) is 2.78. The van der Waals surface area contributed by atoms with E-state index in [1.165, 1.54) is 4.52 Å². The van der Waals surface area contributed by atoms with Gasteiger partial charge in [-0.3, -0.25) is 0 Å². The fraction of sp³-hybridized carbons (Fsp3) is 0.250. The summed E-state index contributed by atoms with van der Waals surface area (Å²) in [6.45, 7) is 5.26. The van der Waals surface area contributed by atoms with E-state index in [0.717, 1.165) is 11.3 Å². The first kappa shape index (κ1) is 11.1. The summed E-state index contributed by atoms with van der Waals surface area (Å²) in [5.41, 5.74) is 2.85. The molecular weight excluding hydrogens is 218 g/mol. The first-order valence-corrected chi connectivity index (χ1v) is 5.10. The summed E-state index contributed by atoms with van der Waals surface area (Å²) < 4.78 is 1.52. The molecule has 0 aliphatic carbocycles. The summed E-state index contributed by atoms with van der Waals surface area (Å²) in [6, 6.07) is 3.87. The van der Waals surface area contributed by atoms with Crippen molar-refractivity contribution in [3.8, 4) is 6.07 Å². The van der Waals surface area contributed by atoms with E-state index in [-0.39, 0.29) is 5.56 Å². The molecule has 1 N–H and O–H groups in total. The van der Waals surface area contributed by atoms with Crippen molar-refractivity contribution in [1.29, 1.82) is 5.26 Å². The SMILES string of the molecule is Cc1cc(C)n2nc(C)c(C(=O)O)c2c1C#N. The Hall–Kier alpha value is -2.35. The van der Waals surface area contributed by atoms with Gasteiger partial charge in [0.25, 0.3) is 0 Å². The molecule has 86 valence electrons. The second-order valence-corrected chi connectivity index (χ2v) is 3.98. The molecule has 0 radical (unpaired) electrons. The number of hydrogen-bond donors (Lipinski definition) is 1. The van der Waals surface area contributed by atoms with E-state index in [4.69, 9.17) is 5.26 Å². The van der Waals surface area contributed by atoms with Gasteiger partial charge >= 0.3 is 5.97 Å². The van der Waals surface area contributed by atoms with Crippen LogP contribution in [0.1, 0.15) is 32.9 Å². The van der Waals surface area contributed by atoms with E-state index in [0.29, 0.717) is 16.8 Å². The maximum absolute atomic E-state index is 11.2. The molecule has 0 unspecified atom stereocenters. The molecule has 0 saturated carbocycles. The molecule has 0 bridgehead atoms. The molecule has 0 atom stereocenters. The summed E-state index contributed by atoms with van der Waals surface area (Å²) >= 11 is 0. The van der Waals surface area contributed by atoms with Gasteiger partial charge in [0.1, 0.15) is 11.6 Å². The highest BCUT2D eigenvalue weighted by Crippen LogP contribution is 2.23. The molecule has 17 heavy (non-hydrogen) atoms. The molecular formula is C12H11N3O2. The number of carboxylic acids is 1. The Labute approximate surface area is 97.9 Å². The molecule has 0 aromatic carbocycles. The Morgan fingerprint density at radius 3 is 2.65 bits per heavy atom. The topological polar surface area (TPSA) is 78.4 Å².